The van der Waals surface area contributed by atoms with Gasteiger partial charge in [-0.15, -0.1) is 0 Å². The Kier molecular flexibility index (Phi) is 5.77. The third kappa shape index (κ3) is 4.10. The number of piperidine rings is 1. The van der Waals surface area contributed by atoms with E-state index >= 15 is 0 Å². The molecule has 1 rings (SSSR count). The lowest BCUT2D eigenvalue weighted by Gasteiger charge is -2.33. The van der Waals surface area contributed by atoms with Gasteiger partial charge < -0.3 is 15.4 Å². The van der Waals surface area contributed by atoms with Crippen LogP contribution >= 0.6 is 0 Å². The first-order valence-electron chi connectivity index (χ1n) is 6.32. The van der Waals surface area contributed by atoms with Gasteiger partial charge in [0.2, 0.25) is 5.91 Å². The van der Waals surface area contributed by atoms with Crippen LogP contribution in [-0.2, 0) is 9.53 Å². The molecule has 0 aromatic rings. The van der Waals surface area contributed by atoms with Crippen LogP contribution in [0.15, 0.2) is 0 Å². The molecule has 2 unspecified atom stereocenters. The highest BCUT2D eigenvalue weighted by Gasteiger charge is 2.24. The Hall–Kier alpha value is -0.610. The molecule has 16 heavy (non-hydrogen) atoms. The molecule has 0 aromatic carbocycles. The summed E-state index contributed by atoms with van der Waals surface area (Å²) >= 11 is 0. The molecule has 1 aliphatic rings. The van der Waals surface area contributed by atoms with Crippen LogP contribution in [-0.4, -0.2) is 42.6 Å². The monoisotopic (exact) mass is 228 g/mol. The number of hydrogen-bond donors (Lipinski definition) is 1. The normalized spacial score (nSPS) is 23.2. The number of ether oxygens (including phenoxy) is 1. The molecule has 2 atom stereocenters. The van der Waals surface area contributed by atoms with Crippen LogP contribution < -0.4 is 5.73 Å². The second kappa shape index (κ2) is 6.86. The zero-order valence-electron chi connectivity index (χ0n) is 10.4. The summed E-state index contributed by atoms with van der Waals surface area (Å²) in [6, 6.07) is -0.0000277. The fourth-order valence-corrected chi connectivity index (χ4v) is 2.03. The number of carbonyl (C=O) groups is 1. The third-order valence-electron chi connectivity index (χ3n) is 3.09. The van der Waals surface area contributed by atoms with E-state index in [9.17, 15) is 4.79 Å². The molecule has 2 N–H and O–H groups in total. The van der Waals surface area contributed by atoms with Gasteiger partial charge in [0.05, 0.1) is 6.10 Å². The van der Waals surface area contributed by atoms with Gasteiger partial charge in [0.1, 0.15) is 0 Å². The van der Waals surface area contributed by atoms with Crippen LogP contribution in [0.5, 0.6) is 0 Å². The van der Waals surface area contributed by atoms with Gasteiger partial charge in [0, 0.05) is 32.2 Å². The summed E-state index contributed by atoms with van der Waals surface area (Å²) < 4.78 is 5.57. The minimum atomic E-state index is -0.0000277. The average molecular weight is 228 g/mol. The predicted octanol–water partition coefficient (Wildman–Crippen LogP) is 1.14. The molecule has 0 bridgehead atoms. The van der Waals surface area contributed by atoms with Crippen molar-refractivity contribution in [3.8, 4) is 0 Å². The van der Waals surface area contributed by atoms with Crippen molar-refractivity contribution in [3.63, 3.8) is 0 Å². The van der Waals surface area contributed by atoms with Gasteiger partial charge in [-0.1, -0.05) is 6.92 Å². The summed E-state index contributed by atoms with van der Waals surface area (Å²) in [5.74, 6) is 0.179. The summed E-state index contributed by atoms with van der Waals surface area (Å²) in [5.41, 5.74) is 5.80. The van der Waals surface area contributed by atoms with Crippen molar-refractivity contribution in [2.24, 2.45) is 5.73 Å². The van der Waals surface area contributed by atoms with E-state index in [2.05, 4.69) is 0 Å². The van der Waals surface area contributed by atoms with Gasteiger partial charge in [-0.3, -0.25) is 4.79 Å². The molecule has 1 aliphatic heterocycles. The number of nitrogens with zero attached hydrogens (tertiary/aromatic N) is 1. The first kappa shape index (κ1) is 13.5. The number of likely N-dealkylation sites (tertiary alicyclic amines) is 1. The Labute approximate surface area is 98.1 Å². The van der Waals surface area contributed by atoms with Gasteiger partial charge in [0.15, 0.2) is 0 Å². The Morgan fingerprint density at radius 3 is 2.94 bits per heavy atom. The average Bonchev–Trinajstić information content (AvgIpc) is 2.29. The summed E-state index contributed by atoms with van der Waals surface area (Å²) in [6.07, 6.45) is 3.65. The molecule has 94 valence electrons. The molecule has 4 heteroatoms. The highest BCUT2D eigenvalue weighted by molar-refractivity contribution is 5.76. The van der Waals surface area contributed by atoms with Crippen LogP contribution in [0.4, 0.5) is 0 Å². The third-order valence-corrected chi connectivity index (χ3v) is 3.09. The number of carbonyl (C=O) groups excluding carboxylic acids is 1. The number of rotatable bonds is 5. The van der Waals surface area contributed by atoms with Gasteiger partial charge >= 0.3 is 0 Å². The summed E-state index contributed by atoms with van der Waals surface area (Å²) in [6.45, 7) is 6.33. The van der Waals surface area contributed by atoms with Gasteiger partial charge in [-0.05, 0) is 26.2 Å². The molecule has 1 saturated heterocycles. The van der Waals surface area contributed by atoms with Crippen molar-refractivity contribution < 1.29 is 9.53 Å². The largest absolute Gasteiger partial charge is 0.377 e. The minimum Gasteiger partial charge on any atom is -0.377 e. The van der Waals surface area contributed by atoms with Crippen molar-refractivity contribution >= 4 is 5.91 Å². The molecule has 1 fully saturated rings. The molecule has 0 aliphatic carbocycles. The van der Waals surface area contributed by atoms with Crippen molar-refractivity contribution in [3.05, 3.63) is 0 Å². The van der Waals surface area contributed by atoms with E-state index < -0.39 is 0 Å². The second-order valence-electron chi connectivity index (χ2n) is 4.43. The maximum absolute atomic E-state index is 11.9. The highest BCUT2D eigenvalue weighted by Crippen LogP contribution is 2.14. The fourth-order valence-electron chi connectivity index (χ4n) is 2.03. The first-order chi connectivity index (χ1) is 7.67. The smallest absolute Gasteiger partial charge is 0.224 e. The fraction of sp³-hybridized carbons (Fsp3) is 0.917. The summed E-state index contributed by atoms with van der Waals surface area (Å²) in [4.78, 5) is 13.8. The number of nitrogens with two attached hydrogens (primary N) is 1. The zero-order chi connectivity index (χ0) is 12.0. The minimum absolute atomic E-state index is 0.0000277. The van der Waals surface area contributed by atoms with Crippen molar-refractivity contribution in [2.75, 3.05) is 19.7 Å². The topological polar surface area (TPSA) is 55.6 Å². The van der Waals surface area contributed by atoms with Crippen molar-refractivity contribution in [2.45, 2.75) is 51.7 Å². The molecule has 1 amide bonds. The van der Waals surface area contributed by atoms with Gasteiger partial charge in [0.25, 0.3) is 0 Å². The molecule has 0 saturated carbocycles. The molecule has 1 heterocycles. The number of amides is 1. The Balaban J connectivity index is 2.37. The van der Waals surface area contributed by atoms with Crippen LogP contribution in [0.25, 0.3) is 0 Å². The van der Waals surface area contributed by atoms with E-state index in [0.717, 1.165) is 39.0 Å². The van der Waals surface area contributed by atoms with E-state index in [-0.39, 0.29) is 18.1 Å². The second-order valence-corrected chi connectivity index (χ2v) is 4.43. The van der Waals surface area contributed by atoms with Crippen LogP contribution in [0, 0.1) is 0 Å². The highest BCUT2D eigenvalue weighted by atomic mass is 16.5. The Bertz CT molecular complexity index is 219. The Morgan fingerprint density at radius 2 is 2.31 bits per heavy atom. The molecule has 0 radical (unpaired) electrons. The molecular weight excluding hydrogens is 204 g/mol. The molecule has 0 aromatic heterocycles. The molecule has 4 nitrogen and oxygen atoms in total. The maximum Gasteiger partial charge on any atom is 0.224 e. The zero-order valence-corrected chi connectivity index (χ0v) is 10.4. The quantitative estimate of drug-likeness (QED) is 0.767. The van der Waals surface area contributed by atoms with E-state index in [1.807, 2.05) is 18.7 Å². The van der Waals surface area contributed by atoms with Crippen molar-refractivity contribution in [1.82, 2.24) is 4.90 Å². The molecule has 0 spiro atoms. The van der Waals surface area contributed by atoms with Crippen LogP contribution in [0.3, 0.4) is 0 Å². The molecular formula is C12H24N2O2. The lowest BCUT2D eigenvalue weighted by molar-refractivity contribution is -0.135. The number of hydrogen-bond acceptors (Lipinski definition) is 3. The van der Waals surface area contributed by atoms with E-state index in [1.54, 1.807) is 0 Å². The Morgan fingerprint density at radius 1 is 1.56 bits per heavy atom. The van der Waals surface area contributed by atoms with E-state index in [0.29, 0.717) is 6.42 Å². The van der Waals surface area contributed by atoms with Crippen LogP contribution in [0.2, 0.25) is 0 Å². The van der Waals surface area contributed by atoms with Gasteiger partial charge in [-0.25, -0.2) is 0 Å². The summed E-state index contributed by atoms with van der Waals surface area (Å²) in [7, 11) is 0. The van der Waals surface area contributed by atoms with E-state index in [4.69, 9.17) is 10.5 Å². The maximum atomic E-state index is 11.9. The van der Waals surface area contributed by atoms with E-state index in [1.165, 1.54) is 0 Å². The van der Waals surface area contributed by atoms with Crippen LogP contribution in [0.1, 0.15) is 39.5 Å². The summed E-state index contributed by atoms with van der Waals surface area (Å²) in [5, 5.41) is 0. The SMILES string of the molecule is CCOC1CCCN(C(=O)CC(N)CC)C1. The van der Waals surface area contributed by atoms with Crippen molar-refractivity contribution in [1.29, 1.82) is 0 Å². The van der Waals surface area contributed by atoms with Gasteiger partial charge in [-0.2, -0.15) is 0 Å². The lowest BCUT2D eigenvalue weighted by atomic mass is 10.1. The predicted molar refractivity (Wildman–Crippen MR) is 64.1 cm³/mol. The first-order valence-corrected chi connectivity index (χ1v) is 6.32. The lowest BCUT2D eigenvalue weighted by Crippen LogP contribution is -2.44. The standard InChI is InChI=1S/C12H24N2O2/c1-3-10(13)8-12(15)14-7-5-6-11(9-14)16-4-2/h10-11H,3-9,13H2,1-2H3.